The van der Waals surface area contributed by atoms with Crippen LogP contribution in [-0.4, -0.2) is 10.9 Å². The minimum absolute atomic E-state index is 0.0319. The standard InChI is InChI=1S/C15H16N2O/c1-12-4-2-5-13(8-12)9-15(18)17-11-14-6-3-7-16-10-14/h2-8,10H,9,11H2,1H3,(H,17,18). The molecular weight excluding hydrogens is 224 g/mol. The molecule has 0 radical (unpaired) electrons. The summed E-state index contributed by atoms with van der Waals surface area (Å²) in [5, 5.41) is 2.89. The van der Waals surface area contributed by atoms with E-state index in [9.17, 15) is 4.79 Å². The van der Waals surface area contributed by atoms with Crippen LogP contribution in [0.3, 0.4) is 0 Å². The Morgan fingerprint density at radius 2 is 2.06 bits per heavy atom. The highest BCUT2D eigenvalue weighted by Gasteiger charge is 2.03. The average molecular weight is 240 g/mol. The second-order valence-electron chi connectivity index (χ2n) is 4.30. The molecule has 0 fully saturated rings. The highest BCUT2D eigenvalue weighted by atomic mass is 16.1. The molecule has 0 atom stereocenters. The molecule has 0 saturated heterocycles. The molecule has 1 heterocycles. The summed E-state index contributed by atoms with van der Waals surface area (Å²) < 4.78 is 0. The quantitative estimate of drug-likeness (QED) is 0.890. The third-order valence-corrected chi connectivity index (χ3v) is 2.66. The molecule has 0 bridgehead atoms. The van der Waals surface area contributed by atoms with Crippen LogP contribution in [0.4, 0.5) is 0 Å². The summed E-state index contributed by atoms with van der Waals surface area (Å²) in [5.41, 5.74) is 3.22. The van der Waals surface area contributed by atoms with Crippen molar-refractivity contribution in [3.05, 3.63) is 65.5 Å². The first-order chi connectivity index (χ1) is 8.74. The van der Waals surface area contributed by atoms with Crippen LogP contribution in [0, 0.1) is 6.92 Å². The van der Waals surface area contributed by atoms with Crippen LogP contribution < -0.4 is 5.32 Å². The molecule has 0 spiro atoms. The van der Waals surface area contributed by atoms with E-state index in [-0.39, 0.29) is 5.91 Å². The molecule has 92 valence electrons. The summed E-state index contributed by atoms with van der Waals surface area (Å²) in [6.45, 7) is 2.55. The Hall–Kier alpha value is -2.16. The SMILES string of the molecule is Cc1cccc(CC(=O)NCc2cccnc2)c1. The number of hydrogen-bond donors (Lipinski definition) is 1. The molecule has 1 aromatic heterocycles. The second kappa shape index (κ2) is 5.96. The van der Waals surface area contributed by atoms with Crippen molar-refractivity contribution in [1.82, 2.24) is 10.3 Å². The molecule has 0 aliphatic rings. The highest BCUT2D eigenvalue weighted by Crippen LogP contribution is 2.04. The smallest absolute Gasteiger partial charge is 0.224 e. The molecule has 2 aromatic rings. The minimum Gasteiger partial charge on any atom is -0.352 e. The van der Waals surface area contributed by atoms with Gasteiger partial charge in [0.2, 0.25) is 5.91 Å². The van der Waals surface area contributed by atoms with Gasteiger partial charge in [-0.25, -0.2) is 0 Å². The van der Waals surface area contributed by atoms with Crippen LogP contribution in [0.2, 0.25) is 0 Å². The van der Waals surface area contributed by atoms with Gasteiger partial charge in [0.1, 0.15) is 0 Å². The average Bonchev–Trinajstić information content (AvgIpc) is 2.38. The van der Waals surface area contributed by atoms with Crippen LogP contribution in [-0.2, 0) is 17.8 Å². The van der Waals surface area contributed by atoms with E-state index in [1.807, 2.05) is 43.3 Å². The molecule has 1 N–H and O–H groups in total. The molecule has 0 aliphatic carbocycles. The maximum atomic E-state index is 11.8. The molecule has 0 unspecified atom stereocenters. The van der Waals surface area contributed by atoms with Gasteiger partial charge in [0, 0.05) is 18.9 Å². The number of benzene rings is 1. The minimum atomic E-state index is 0.0319. The third kappa shape index (κ3) is 3.70. The topological polar surface area (TPSA) is 42.0 Å². The van der Waals surface area contributed by atoms with E-state index in [4.69, 9.17) is 0 Å². The number of pyridine rings is 1. The Kier molecular flexibility index (Phi) is 4.07. The molecule has 0 aliphatic heterocycles. The zero-order valence-electron chi connectivity index (χ0n) is 10.4. The fraction of sp³-hybridized carbons (Fsp3) is 0.200. The molecule has 18 heavy (non-hydrogen) atoms. The molecule has 1 aromatic carbocycles. The summed E-state index contributed by atoms with van der Waals surface area (Å²) in [7, 11) is 0. The van der Waals surface area contributed by atoms with E-state index in [1.165, 1.54) is 5.56 Å². The van der Waals surface area contributed by atoms with Crippen molar-refractivity contribution in [3.63, 3.8) is 0 Å². The Labute approximate surface area is 107 Å². The summed E-state index contributed by atoms with van der Waals surface area (Å²) in [5.74, 6) is 0.0319. The van der Waals surface area contributed by atoms with E-state index in [0.717, 1.165) is 11.1 Å². The van der Waals surface area contributed by atoms with E-state index in [1.54, 1.807) is 12.4 Å². The number of aryl methyl sites for hydroxylation is 1. The van der Waals surface area contributed by atoms with Crippen molar-refractivity contribution in [2.45, 2.75) is 19.9 Å². The van der Waals surface area contributed by atoms with Gasteiger partial charge in [0.05, 0.1) is 6.42 Å². The maximum Gasteiger partial charge on any atom is 0.224 e. The zero-order valence-corrected chi connectivity index (χ0v) is 10.4. The Bertz CT molecular complexity index is 523. The van der Waals surface area contributed by atoms with Gasteiger partial charge in [0.15, 0.2) is 0 Å². The maximum absolute atomic E-state index is 11.8. The number of carbonyl (C=O) groups is 1. The van der Waals surface area contributed by atoms with Gasteiger partial charge in [-0.15, -0.1) is 0 Å². The van der Waals surface area contributed by atoms with Gasteiger partial charge in [-0.3, -0.25) is 9.78 Å². The summed E-state index contributed by atoms with van der Waals surface area (Å²) in [6, 6.07) is 11.8. The summed E-state index contributed by atoms with van der Waals surface area (Å²) in [6.07, 6.45) is 3.90. The van der Waals surface area contributed by atoms with Crippen LogP contribution >= 0.6 is 0 Å². The lowest BCUT2D eigenvalue weighted by Crippen LogP contribution is -2.24. The highest BCUT2D eigenvalue weighted by molar-refractivity contribution is 5.78. The first-order valence-corrected chi connectivity index (χ1v) is 5.95. The number of hydrogen-bond acceptors (Lipinski definition) is 2. The molecule has 3 nitrogen and oxygen atoms in total. The number of nitrogens with one attached hydrogen (secondary N) is 1. The van der Waals surface area contributed by atoms with Crippen molar-refractivity contribution in [1.29, 1.82) is 0 Å². The number of rotatable bonds is 4. The van der Waals surface area contributed by atoms with Crippen molar-refractivity contribution >= 4 is 5.91 Å². The first kappa shape index (κ1) is 12.3. The lowest BCUT2D eigenvalue weighted by Gasteiger charge is -2.05. The summed E-state index contributed by atoms with van der Waals surface area (Å²) >= 11 is 0. The number of carbonyl (C=O) groups excluding carboxylic acids is 1. The lowest BCUT2D eigenvalue weighted by molar-refractivity contribution is -0.120. The zero-order chi connectivity index (χ0) is 12.8. The van der Waals surface area contributed by atoms with Crippen LogP contribution in [0.5, 0.6) is 0 Å². The second-order valence-corrected chi connectivity index (χ2v) is 4.30. The Morgan fingerprint density at radius 3 is 2.78 bits per heavy atom. The van der Waals surface area contributed by atoms with Crippen LogP contribution in [0.25, 0.3) is 0 Å². The lowest BCUT2D eigenvalue weighted by atomic mass is 10.1. The van der Waals surface area contributed by atoms with Gasteiger partial charge in [-0.1, -0.05) is 35.9 Å². The van der Waals surface area contributed by atoms with Crippen molar-refractivity contribution in [2.75, 3.05) is 0 Å². The Morgan fingerprint density at radius 1 is 1.22 bits per heavy atom. The monoisotopic (exact) mass is 240 g/mol. The normalized spacial score (nSPS) is 10.1. The van der Waals surface area contributed by atoms with E-state index < -0.39 is 0 Å². The van der Waals surface area contributed by atoms with Gasteiger partial charge < -0.3 is 5.32 Å². The van der Waals surface area contributed by atoms with Gasteiger partial charge in [0.25, 0.3) is 0 Å². The van der Waals surface area contributed by atoms with Gasteiger partial charge in [-0.2, -0.15) is 0 Å². The predicted molar refractivity (Wildman–Crippen MR) is 71.0 cm³/mol. The molecular formula is C15H16N2O. The van der Waals surface area contributed by atoms with Crippen LogP contribution in [0.1, 0.15) is 16.7 Å². The summed E-state index contributed by atoms with van der Waals surface area (Å²) in [4.78, 5) is 15.8. The molecule has 0 saturated carbocycles. The number of aromatic nitrogens is 1. The van der Waals surface area contributed by atoms with Crippen molar-refractivity contribution in [2.24, 2.45) is 0 Å². The fourth-order valence-corrected chi connectivity index (χ4v) is 1.77. The van der Waals surface area contributed by atoms with Gasteiger partial charge in [-0.05, 0) is 24.1 Å². The van der Waals surface area contributed by atoms with Crippen molar-refractivity contribution < 1.29 is 4.79 Å². The van der Waals surface area contributed by atoms with Gasteiger partial charge >= 0.3 is 0 Å². The predicted octanol–water partition coefficient (Wildman–Crippen LogP) is 2.25. The number of amides is 1. The largest absolute Gasteiger partial charge is 0.352 e. The first-order valence-electron chi connectivity index (χ1n) is 5.95. The molecule has 2 rings (SSSR count). The van der Waals surface area contributed by atoms with E-state index in [0.29, 0.717) is 13.0 Å². The van der Waals surface area contributed by atoms with Crippen LogP contribution in [0.15, 0.2) is 48.8 Å². The number of nitrogens with zero attached hydrogens (tertiary/aromatic N) is 1. The Balaban J connectivity index is 1.86. The fourth-order valence-electron chi connectivity index (χ4n) is 1.77. The van der Waals surface area contributed by atoms with E-state index >= 15 is 0 Å². The third-order valence-electron chi connectivity index (χ3n) is 2.66. The molecule has 1 amide bonds. The van der Waals surface area contributed by atoms with Crippen molar-refractivity contribution in [3.8, 4) is 0 Å². The molecule has 3 heteroatoms. The van der Waals surface area contributed by atoms with E-state index in [2.05, 4.69) is 10.3 Å².